The minimum absolute atomic E-state index is 0.256. The SMILES string of the molecule is NC(CCN1CCOCC1)CSc1nccs1. The highest BCUT2D eigenvalue weighted by Gasteiger charge is 2.12. The first-order valence-electron chi connectivity index (χ1n) is 5.92. The monoisotopic (exact) mass is 273 g/mol. The molecule has 4 nitrogen and oxygen atoms in total. The first-order valence-corrected chi connectivity index (χ1v) is 7.79. The van der Waals surface area contributed by atoms with Crippen molar-refractivity contribution in [3.05, 3.63) is 11.6 Å². The van der Waals surface area contributed by atoms with Crippen molar-refractivity contribution < 1.29 is 4.74 Å². The number of aromatic nitrogens is 1. The molecule has 0 amide bonds. The minimum atomic E-state index is 0.256. The summed E-state index contributed by atoms with van der Waals surface area (Å²) in [5.74, 6) is 0.956. The summed E-state index contributed by atoms with van der Waals surface area (Å²) in [5.41, 5.74) is 6.11. The Bertz CT molecular complexity index is 302. The predicted molar refractivity (Wildman–Crippen MR) is 72.7 cm³/mol. The summed E-state index contributed by atoms with van der Waals surface area (Å²) >= 11 is 3.44. The molecule has 1 aromatic rings. The van der Waals surface area contributed by atoms with Crippen molar-refractivity contribution in [2.45, 2.75) is 16.8 Å². The van der Waals surface area contributed by atoms with E-state index >= 15 is 0 Å². The van der Waals surface area contributed by atoms with E-state index in [0.717, 1.165) is 49.4 Å². The maximum absolute atomic E-state index is 6.11. The van der Waals surface area contributed by atoms with Gasteiger partial charge in [-0.1, -0.05) is 11.8 Å². The van der Waals surface area contributed by atoms with E-state index in [2.05, 4.69) is 9.88 Å². The standard InChI is InChI=1S/C11H19N3OS2/c12-10(9-17-11-13-2-8-16-11)1-3-14-4-6-15-7-5-14/h2,8,10H,1,3-7,9,12H2. The van der Waals surface area contributed by atoms with Gasteiger partial charge in [-0.3, -0.25) is 4.90 Å². The van der Waals surface area contributed by atoms with Crippen LogP contribution in [-0.2, 0) is 4.74 Å². The number of nitrogens with zero attached hydrogens (tertiary/aromatic N) is 2. The molecule has 1 unspecified atom stereocenters. The molecule has 1 aliphatic rings. The average molecular weight is 273 g/mol. The highest BCUT2D eigenvalue weighted by molar-refractivity contribution is 8.01. The predicted octanol–water partition coefficient (Wildman–Crippen LogP) is 1.28. The van der Waals surface area contributed by atoms with Gasteiger partial charge in [0.05, 0.1) is 13.2 Å². The topological polar surface area (TPSA) is 51.4 Å². The molecule has 2 heterocycles. The van der Waals surface area contributed by atoms with Crippen LogP contribution in [0.15, 0.2) is 15.9 Å². The lowest BCUT2D eigenvalue weighted by atomic mass is 10.2. The van der Waals surface area contributed by atoms with E-state index in [1.165, 1.54) is 0 Å². The fourth-order valence-electron chi connectivity index (χ4n) is 1.72. The molecule has 0 bridgehead atoms. The second kappa shape index (κ2) is 7.33. The van der Waals surface area contributed by atoms with E-state index < -0.39 is 0 Å². The third-order valence-corrected chi connectivity index (χ3v) is 4.90. The van der Waals surface area contributed by atoms with E-state index in [4.69, 9.17) is 10.5 Å². The van der Waals surface area contributed by atoms with E-state index in [0.29, 0.717) is 0 Å². The number of morpholine rings is 1. The van der Waals surface area contributed by atoms with Crippen LogP contribution in [0, 0.1) is 0 Å². The molecular formula is C11H19N3OS2. The van der Waals surface area contributed by atoms with Gasteiger partial charge in [-0.2, -0.15) is 0 Å². The summed E-state index contributed by atoms with van der Waals surface area (Å²) in [7, 11) is 0. The van der Waals surface area contributed by atoms with Crippen LogP contribution in [-0.4, -0.2) is 54.5 Å². The molecule has 1 fully saturated rings. The van der Waals surface area contributed by atoms with Crippen LogP contribution in [0.2, 0.25) is 0 Å². The van der Waals surface area contributed by atoms with Gasteiger partial charge in [0.1, 0.15) is 4.34 Å². The summed E-state index contributed by atoms with van der Waals surface area (Å²) in [6.07, 6.45) is 2.89. The molecule has 17 heavy (non-hydrogen) atoms. The van der Waals surface area contributed by atoms with E-state index in [1.807, 2.05) is 11.6 Å². The van der Waals surface area contributed by atoms with Gasteiger partial charge in [-0.25, -0.2) is 4.98 Å². The molecule has 96 valence electrons. The molecule has 2 rings (SSSR count). The van der Waals surface area contributed by atoms with Gasteiger partial charge in [0.2, 0.25) is 0 Å². The Morgan fingerprint density at radius 1 is 1.53 bits per heavy atom. The number of thioether (sulfide) groups is 1. The smallest absolute Gasteiger partial charge is 0.149 e. The van der Waals surface area contributed by atoms with Gasteiger partial charge in [0, 0.05) is 36.5 Å². The molecule has 1 aromatic heterocycles. The van der Waals surface area contributed by atoms with Crippen LogP contribution in [0.3, 0.4) is 0 Å². The number of hydrogen-bond donors (Lipinski definition) is 1. The zero-order valence-electron chi connectivity index (χ0n) is 9.88. The Hall–Kier alpha value is -0.140. The number of nitrogens with two attached hydrogens (primary N) is 1. The van der Waals surface area contributed by atoms with Crippen LogP contribution in [0.1, 0.15) is 6.42 Å². The fourth-order valence-corrected chi connectivity index (χ4v) is 3.38. The van der Waals surface area contributed by atoms with Crippen LogP contribution >= 0.6 is 23.1 Å². The summed E-state index contributed by atoms with van der Waals surface area (Å²) < 4.78 is 6.44. The van der Waals surface area contributed by atoms with Crippen molar-refractivity contribution in [2.24, 2.45) is 5.73 Å². The quantitative estimate of drug-likeness (QED) is 0.791. The first kappa shape index (κ1) is 13.3. The van der Waals surface area contributed by atoms with Crippen molar-refractivity contribution in [2.75, 3.05) is 38.6 Å². The summed E-state index contributed by atoms with van der Waals surface area (Å²) in [6, 6.07) is 0.256. The molecule has 0 saturated carbocycles. The fraction of sp³-hybridized carbons (Fsp3) is 0.727. The highest BCUT2D eigenvalue weighted by Crippen LogP contribution is 2.21. The maximum atomic E-state index is 6.11. The maximum Gasteiger partial charge on any atom is 0.149 e. The average Bonchev–Trinajstić information content (AvgIpc) is 2.88. The van der Waals surface area contributed by atoms with Crippen molar-refractivity contribution in [3.8, 4) is 0 Å². The van der Waals surface area contributed by atoms with E-state index in [9.17, 15) is 0 Å². The third-order valence-electron chi connectivity index (χ3n) is 2.75. The normalized spacial score (nSPS) is 19.4. The van der Waals surface area contributed by atoms with Crippen molar-refractivity contribution in [1.82, 2.24) is 9.88 Å². The van der Waals surface area contributed by atoms with Gasteiger partial charge in [-0.15, -0.1) is 11.3 Å². The molecule has 0 aromatic carbocycles. The van der Waals surface area contributed by atoms with Gasteiger partial charge in [-0.05, 0) is 13.0 Å². The summed E-state index contributed by atoms with van der Waals surface area (Å²) in [5, 5.41) is 2.00. The van der Waals surface area contributed by atoms with Gasteiger partial charge in [0.25, 0.3) is 0 Å². The van der Waals surface area contributed by atoms with Crippen LogP contribution in [0.5, 0.6) is 0 Å². The molecule has 0 spiro atoms. The molecule has 0 radical (unpaired) electrons. The largest absolute Gasteiger partial charge is 0.379 e. The number of rotatable bonds is 6. The Labute approximate surface area is 111 Å². The first-order chi connectivity index (χ1) is 8.34. The third kappa shape index (κ3) is 4.93. The summed E-state index contributed by atoms with van der Waals surface area (Å²) in [6.45, 7) is 4.91. The molecule has 1 atom stereocenters. The number of thiazole rings is 1. The van der Waals surface area contributed by atoms with Gasteiger partial charge >= 0.3 is 0 Å². The zero-order valence-corrected chi connectivity index (χ0v) is 11.5. The second-order valence-corrected chi connectivity index (χ2v) is 6.27. The van der Waals surface area contributed by atoms with Crippen molar-refractivity contribution in [3.63, 3.8) is 0 Å². The van der Waals surface area contributed by atoms with Crippen molar-refractivity contribution >= 4 is 23.1 Å². The van der Waals surface area contributed by atoms with E-state index in [-0.39, 0.29) is 6.04 Å². The lowest BCUT2D eigenvalue weighted by Crippen LogP contribution is -2.39. The Kier molecular flexibility index (Phi) is 5.73. The van der Waals surface area contributed by atoms with Crippen LogP contribution < -0.4 is 5.73 Å². The molecule has 0 aliphatic carbocycles. The number of ether oxygens (including phenoxy) is 1. The Morgan fingerprint density at radius 2 is 2.35 bits per heavy atom. The van der Waals surface area contributed by atoms with E-state index in [1.54, 1.807) is 23.1 Å². The second-order valence-electron chi connectivity index (χ2n) is 4.11. The Balaban J connectivity index is 1.58. The zero-order chi connectivity index (χ0) is 11.9. The Morgan fingerprint density at radius 3 is 3.06 bits per heavy atom. The van der Waals surface area contributed by atoms with Crippen molar-refractivity contribution in [1.29, 1.82) is 0 Å². The molecule has 1 saturated heterocycles. The molecule has 6 heteroatoms. The lowest BCUT2D eigenvalue weighted by Gasteiger charge is -2.27. The van der Waals surface area contributed by atoms with Crippen LogP contribution in [0.25, 0.3) is 0 Å². The highest BCUT2D eigenvalue weighted by atomic mass is 32.2. The summed E-state index contributed by atoms with van der Waals surface area (Å²) in [4.78, 5) is 6.67. The molecule has 2 N–H and O–H groups in total. The molecular weight excluding hydrogens is 254 g/mol. The lowest BCUT2D eigenvalue weighted by molar-refractivity contribution is 0.0369. The van der Waals surface area contributed by atoms with Crippen LogP contribution in [0.4, 0.5) is 0 Å². The van der Waals surface area contributed by atoms with Gasteiger partial charge < -0.3 is 10.5 Å². The number of hydrogen-bond acceptors (Lipinski definition) is 6. The van der Waals surface area contributed by atoms with Gasteiger partial charge in [0.15, 0.2) is 0 Å². The minimum Gasteiger partial charge on any atom is -0.379 e. The molecule has 1 aliphatic heterocycles.